The Morgan fingerprint density at radius 1 is 1.06 bits per heavy atom. The Morgan fingerprint density at radius 2 is 1.85 bits per heavy atom. The molecular weight excluding hydrogens is 460 g/mol. The van der Waals surface area contributed by atoms with Crippen molar-refractivity contribution >= 4 is 35.1 Å². The Labute approximate surface area is 202 Å². The number of benzene rings is 1. The molecule has 2 amide bonds. The molecule has 1 aromatic carbocycles. The number of carbonyl (C=O) groups is 3. The number of rotatable bonds is 6. The third-order valence-corrected chi connectivity index (χ3v) is 7.36. The molecule has 8 nitrogen and oxygen atoms in total. The van der Waals surface area contributed by atoms with Crippen LogP contribution in [0.4, 0.5) is 5.69 Å². The van der Waals surface area contributed by atoms with Crippen molar-refractivity contribution in [3.63, 3.8) is 0 Å². The van der Waals surface area contributed by atoms with E-state index in [4.69, 9.17) is 26.2 Å². The minimum Gasteiger partial charge on any atom is -0.461 e. The zero-order chi connectivity index (χ0) is 23.9. The molecule has 5 rings (SSSR count). The van der Waals surface area contributed by atoms with Gasteiger partial charge in [0, 0.05) is 30.4 Å². The topological polar surface area (TPSA) is 96.4 Å². The van der Waals surface area contributed by atoms with Crippen LogP contribution in [0.1, 0.15) is 19.3 Å². The van der Waals surface area contributed by atoms with E-state index >= 15 is 0 Å². The number of aliphatic hydroxyl groups is 1. The Balaban J connectivity index is 1.55. The minimum absolute atomic E-state index is 0.0704. The molecule has 0 radical (unpaired) electrons. The van der Waals surface area contributed by atoms with E-state index in [0.29, 0.717) is 43.1 Å². The van der Waals surface area contributed by atoms with E-state index in [2.05, 4.69) is 0 Å². The Hall–Kier alpha value is -2.68. The maximum Gasteiger partial charge on any atom is 0.313 e. The summed E-state index contributed by atoms with van der Waals surface area (Å²) in [5.41, 5.74) is -0.596. The van der Waals surface area contributed by atoms with Gasteiger partial charge in [-0.3, -0.25) is 14.4 Å². The van der Waals surface area contributed by atoms with Crippen molar-refractivity contribution < 1.29 is 29.0 Å². The molecule has 1 N–H and O–H groups in total. The largest absolute Gasteiger partial charge is 0.461 e. The number of anilines is 1. The third kappa shape index (κ3) is 3.65. The van der Waals surface area contributed by atoms with Crippen molar-refractivity contribution in [3.8, 4) is 0 Å². The van der Waals surface area contributed by atoms with E-state index in [1.165, 1.54) is 0 Å². The Morgan fingerprint density at radius 3 is 2.62 bits per heavy atom. The molecule has 5 atom stereocenters. The number of cyclic esters (lactones) is 1. The second kappa shape index (κ2) is 9.17. The van der Waals surface area contributed by atoms with Gasteiger partial charge in [-0.2, -0.15) is 0 Å². The molecule has 0 aromatic heterocycles. The molecule has 2 saturated heterocycles. The number of ether oxygens (including phenoxy) is 2. The lowest BCUT2D eigenvalue weighted by Gasteiger charge is -2.35. The molecule has 1 spiro atoms. The molecule has 4 aliphatic heterocycles. The second-order valence-electron chi connectivity index (χ2n) is 9.04. The standard InChI is InChI=1S/C25H27ClN2O6/c26-16-7-9-17(10-8-16)27-13-5-11-25-20(19-18(34-25)6-4-15-33-24(19)32)22(30)28(21(25)23(27)31)12-2-1-3-14-29/h4-11,18-21,29H,1-3,12-15H2/t18-,19+,20+,21-,25?/m1/s1. The number of fused-ring (bicyclic) bond motifs is 2. The summed E-state index contributed by atoms with van der Waals surface area (Å²) in [4.78, 5) is 43.9. The van der Waals surface area contributed by atoms with Crippen molar-refractivity contribution in [1.29, 1.82) is 0 Å². The van der Waals surface area contributed by atoms with Gasteiger partial charge in [-0.15, -0.1) is 0 Å². The van der Waals surface area contributed by atoms with Gasteiger partial charge in [0.25, 0.3) is 5.91 Å². The van der Waals surface area contributed by atoms with Gasteiger partial charge in [-0.25, -0.2) is 0 Å². The highest BCUT2D eigenvalue weighted by molar-refractivity contribution is 6.30. The zero-order valence-corrected chi connectivity index (χ0v) is 19.4. The van der Waals surface area contributed by atoms with Gasteiger partial charge in [0.05, 0.1) is 12.0 Å². The van der Waals surface area contributed by atoms with Gasteiger partial charge >= 0.3 is 5.97 Å². The molecule has 0 bridgehead atoms. The number of unbranched alkanes of at least 4 members (excludes halogenated alkanes) is 2. The first kappa shape index (κ1) is 23.1. The fourth-order valence-corrected chi connectivity index (χ4v) is 5.76. The van der Waals surface area contributed by atoms with Gasteiger partial charge < -0.3 is 24.4 Å². The van der Waals surface area contributed by atoms with Crippen LogP contribution in [0.5, 0.6) is 0 Å². The number of esters is 1. The molecule has 0 aliphatic carbocycles. The van der Waals surface area contributed by atoms with Crippen LogP contribution in [0.3, 0.4) is 0 Å². The van der Waals surface area contributed by atoms with Crippen LogP contribution < -0.4 is 4.90 Å². The van der Waals surface area contributed by atoms with E-state index in [1.807, 2.05) is 6.08 Å². The summed E-state index contributed by atoms with van der Waals surface area (Å²) in [6, 6.07) is 6.06. The quantitative estimate of drug-likeness (QED) is 0.376. The van der Waals surface area contributed by atoms with Crippen molar-refractivity contribution in [2.24, 2.45) is 11.8 Å². The average molecular weight is 487 g/mol. The highest BCUT2D eigenvalue weighted by Gasteiger charge is 2.71. The second-order valence-corrected chi connectivity index (χ2v) is 9.48. The van der Waals surface area contributed by atoms with Crippen LogP contribution in [0.15, 0.2) is 48.6 Å². The van der Waals surface area contributed by atoms with Crippen molar-refractivity contribution in [2.45, 2.75) is 37.0 Å². The maximum absolute atomic E-state index is 14.1. The van der Waals surface area contributed by atoms with Crippen molar-refractivity contribution in [1.82, 2.24) is 4.90 Å². The van der Waals surface area contributed by atoms with Crippen LogP contribution >= 0.6 is 11.6 Å². The summed E-state index contributed by atoms with van der Waals surface area (Å²) < 4.78 is 11.8. The van der Waals surface area contributed by atoms with E-state index < -0.39 is 35.6 Å². The monoisotopic (exact) mass is 486 g/mol. The number of halogens is 1. The molecule has 34 heavy (non-hydrogen) atoms. The van der Waals surface area contributed by atoms with E-state index in [9.17, 15) is 14.4 Å². The van der Waals surface area contributed by atoms with E-state index in [0.717, 1.165) is 0 Å². The summed E-state index contributed by atoms with van der Waals surface area (Å²) in [6.07, 6.45) is 8.44. The van der Waals surface area contributed by atoms with Gasteiger partial charge in [0.1, 0.15) is 24.2 Å². The van der Waals surface area contributed by atoms with Gasteiger partial charge in [-0.05, 0) is 49.6 Å². The molecule has 2 fully saturated rings. The predicted molar refractivity (Wildman–Crippen MR) is 124 cm³/mol. The smallest absolute Gasteiger partial charge is 0.313 e. The number of carbonyl (C=O) groups excluding carboxylic acids is 3. The van der Waals surface area contributed by atoms with Gasteiger partial charge in [0.15, 0.2) is 0 Å². The predicted octanol–water partition coefficient (Wildman–Crippen LogP) is 2.10. The lowest BCUT2D eigenvalue weighted by Crippen LogP contribution is -2.55. The molecule has 180 valence electrons. The Bertz CT molecular complexity index is 1040. The Kier molecular flexibility index (Phi) is 6.22. The summed E-state index contributed by atoms with van der Waals surface area (Å²) in [7, 11) is 0. The number of hydrogen-bond donors (Lipinski definition) is 1. The summed E-state index contributed by atoms with van der Waals surface area (Å²) >= 11 is 6.04. The summed E-state index contributed by atoms with van der Waals surface area (Å²) in [5, 5.41) is 9.69. The first-order valence-corrected chi connectivity index (χ1v) is 12.0. The summed E-state index contributed by atoms with van der Waals surface area (Å²) in [6.45, 7) is 0.843. The number of aliphatic hydroxyl groups excluding tert-OH is 1. The van der Waals surface area contributed by atoms with E-state index in [1.54, 1.807) is 52.3 Å². The number of hydrogen-bond acceptors (Lipinski definition) is 6. The lowest BCUT2D eigenvalue weighted by molar-refractivity contribution is -0.152. The lowest BCUT2D eigenvalue weighted by atomic mass is 9.78. The number of nitrogens with zero attached hydrogens (tertiary/aromatic N) is 2. The normalized spacial score (nSPS) is 32.2. The summed E-state index contributed by atoms with van der Waals surface area (Å²) in [5.74, 6) is -2.67. The number of amides is 2. The van der Waals surface area contributed by atoms with Crippen LogP contribution in [0.25, 0.3) is 0 Å². The van der Waals surface area contributed by atoms with Gasteiger partial charge in [-0.1, -0.05) is 29.8 Å². The van der Waals surface area contributed by atoms with Crippen LogP contribution in [-0.4, -0.2) is 71.8 Å². The first-order chi connectivity index (χ1) is 16.5. The van der Waals surface area contributed by atoms with Gasteiger partial charge in [0.2, 0.25) is 5.91 Å². The fraction of sp³-hybridized carbons (Fsp3) is 0.480. The average Bonchev–Trinajstić information content (AvgIpc) is 3.12. The highest BCUT2D eigenvalue weighted by atomic mass is 35.5. The molecule has 1 unspecified atom stereocenters. The maximum atomic E-state index is 14.1. The molecular formula is C25H27ClN2O6. The SMILES string of the molecule is O=C1OCC=C[C@H]2OC34C=CCN(c5ccc(Cl)cc5)C(=O)[C@H]3N(CCCCCO)C(=O)[C@@H]4[C@@H]12. The van der Waals surface area contributed by atoms with Crippen LogP contribution in [0.2, 0.25) is 5.02 Å². The van der Waals surface area contributed by atoms with Crippen LogP contribution in [0, 0.1) is 11.8 Å². The molecule has 4 aliphatic rings. The van der Waals surface area contributed by atoms with Crippen LogP contribution in [-0.2, 0) is 23.9 Å². The highest BCUT2D eigenvalue weighted by Crippen LogP contribution is 2.53. The molecule has 0 saturated carbocycles. The zero-order valence-electron chi connectivity index (χ0n) is 18.6. The molecule has 9 heteroatoms. The van der Waals surface area contributed by atoms with Crippen molar-refractivity contribution in [2.75, 3.05) is 31.2 Å². The fourth-order valence-electron chi connectivity index (χ4n) is 5.63. The molecule has 4 heterocycles. The minimum atomic E-state index is -1.26. The number of likely N-dealkylation sites (tertiary alicyclic amines) is 1. The van der Waals surface area contributed by atoms with E-state index in [-0.39, 0.29) is 25.0 Å². The third-order valence-electron chi connectivity index (χ3n) is 7.11. The first-order valence-electron chi connectivity index (χ1n) is 11.6. The van der Waals surface area contributed by atoms with Crippen molar-refractivity contribution in [3.05, 3.63) is 53.6 Å². The molecule has 1 aromatic rings.